The number of piperidine rings is 2. The fourth-order valence-corrected chi connectivity index (χ4v) is 4.27. The van der Waals surface area contributed by atoms with Crippen LogP contribution in [0.25, 0.3) is 6.08 Å². The van der Waals surface area contributed by atoms with Crippen LogP contribution in [0, 0.1) is 5.92 Å². The van der Waals surface area contributed by atoms with Crippen LogP contribution in [0.2, 0.25) is 0 Å². The van der Waals surface area contributed by atoms with Crippen LogP contribution in [0.4, 0.5) is 0 Å². The first-order valence-corrected chi connectivity index (χ1v) is 10.6. The Labute approximate surface area is 169 Å². The molecule has 2 heterocycles. The minimum atomic E-state index is 0.0371. The molecule has 0 spiro atoms. The van der Waals surface area contributed by atoms with Gasteiger partial charge in [-0.3, -0.25) is 9.59 Å². The Morgan fingerprint density at radius 1 is 1.04 bits per heavy atom. The molecular weight excluding hydrogens is 350 g/mol. The molecule has 2 aliphatic rings. The smallest absolute Gasteiger partial charge is 0.246 e. The van der Waals surface area contributed by atoms with Gasteiger partial charge in [0.05, 0.1) is 0 Å². The number of rotatable bonds is 5. The van der Waals surface area contributed by atoms with Crippen LogP contribution in [-0.2, 0) is 9.59 Å². The maximum atomic E-state index is 12.9. The summed E-state index contributed by atoms with van der Waals surface area (Å²) >= 11 is 0. The third-order valence-corrected chi connectivity index (χ3v) is 6.27. The lowest BCUT2D eigenvalue weighted by atomic mass is 9.93. The molecule has 2 saturated heterocycles. The fraction of sp³-hybridized carbons (Fsp3) is 0.565. The van der Waals surface area contributed by atoms with Gasteiger partial charge in [0.15, 0.2) is 0 Å². The highest BCUT2D eigenvalue weighted by atomic mass is 16.2. The fourth-order valence-electron chi connectivity index (χ4n) is 4.27. The molecule has 152 valence electrons. The van der Waals surface area contributed by atoms with Crippen molar-refractivity contribution < 1.29 is 9.59 Å². The first-order valence-electron chi connectivity index (χ1n) is 10.6. The molecule has 0 unspecified atom stereocenters. The third-order valence-electron chi connectivity index (χ3n) is 6.27. The Balaban J connectivity index is 1.46. The van der Waals surface area contributed by atoms with Crippen LogP contribution >= 0.6 is 0 Å². The standard InChI is InChI=1S/C23H33N3O2/c1-3-25-15-13-21(14-16-25)24(2)23(28)20-11-17-26(18-12-20)22(27)10-9-19-7-5-4-6-8-19/h4-10,20-21H,3,11-18H2,1-2H3/b10-9+. The maximum Gasteiger partial charge on any atom is 0.246 e. The average Bonchev–Trinajstić information content (AvgIpc) is 2.77. The van der Waals surface area contributed by atoms with E-state index in [1.54, 1.807) is 6.08 Å². The molecular formula is C23H33N3O2. The van der Waals surface area contributed by atoms with Gasteiger partial charge in [0.1, 0.15) is 0 Å². The molecule has 2 aliphatic heterocycles. The number of carbonyl (C=O) groups is 2. The van der Waals surface area contributed by atoms with Crippen molar-refractivity contribution in [3.8, 4) is 0 Å². The van der Waals surface area contributed by atoms with Gasteiger partial charge in [-0.15, -0.1) is 0 Å². The molecule has 2 amide bonds. The second-order valence-electron chi connectivity index (χ2n) is 7.96. The van der Waals surface area contributed by atoms with E-state index in [0.717, 1.165) is 50.9 Å². The van der Waals surface area contributed by atoms with Gasteiger partial charge in [-0.25, -0.2) is 0 Å². The van der Waals surface area contributed by atoms with E-state index in [9.17, 15) is 9.59 Å². The van der Waals surface area contributed by atoms with E-state index < -0.39 is 0 Å². The quantitative estimate of drug-likeness (QED) is 0.735. The summed E-state index contributed by atoms with van der Waals surface area (Å²) in [6.45, 7) is 6.78. The molecule has 5 heteroatoms. The topological polar surface area (TPSA) is 43.9 Å². The van der Waals surface area contributed by atoms with E-state index in [1.807, 2.05) is 53.3 Å². The second kappa shape index (κ2) is 9.87. The van der Waals surface area contributed by atoms with Gasteiger partial charge in [-0.1, -0.05) is 37.3 Å². The summed E-state index contributed by atoms with van der Waals surface area (Å²) in [5.41, 5.74) is 1.02. The van der Waals surface area contributed by atoms with E-state index in [1.165, 1.54) is 0 Å². The lowest BCUT2D eigenvalue weighted by molar-refractivity contribution is -0.140. The Hall–Kier alpha value is -2.14. The van der Waals surface area contributed by atoms with Gasteiger partial charge < -0.3 is 14.7 Å². The number of amides is 2. The van der Waals surface area contributed by atoms with Crippen LogP contribution < -0.4 is 0 Å². The molecule has 1 aromatic rings. The van der Waals surface area contributed by atoms with Gasteiger partial charge in [-0.05, 0) is 43.9 Å². The molecule has 5 nitrogen and oxygen atoms in total. The molecule has 0 saturated carbocycles. The molecule has 0 aliphatic carbocycles. The summed E-state index contributed by atoms with van der Waals surface area (Å²) in [5, 5.41) is 0. The third kappa shape index (κ3) is 5.22. The number of hydrogen-bond acceptors (Lipinski definition) is 3. The highest BCUT2D eigenvalue weighted by molar-refractivity contribution is 5.92. The average molecular weight is 384 g/mol. The van der Waals surface area contributed by atoms with Crippen LogP contribution in [0.3, 0.4) is 0 Å². The van der Waals surface area contributed by atoms with Gasteiger partial charge in [0.2, 0.25) is 11.8 Å². The Bertz CT molecular complexity index is 672. The minimum Gasteiger partial charge on any atom is -0.342 e. The Kier molecular flexibility index (Phi) is 7.26. The van der Waals surface area contributed by atoms with Crippen LogP contribution in [0.15, 0.2) is 36.4 Å². The first-order chi connectivity index (χ1) is 13.6. The molecule has 0 aromatic heterocycles. The normalized spacial score (nSPS) is 19.9. The highest BCUT2D eigenvalue weighted by Crippen LogP contribution is 2.23. The van der Waals surface area contributed by atoms with Crippen molar-refractivity contribution in [1.29, 1.82) is 0 Å². The molecule has 28 heavy (non-hydrogen) atoms. The second-order valence-corrected chi connectivity index (χ2v) is 7.96. The molecule has 0 N–H and O–H groups in total. The maximum absolute atomic E-state index is 12.9. The summed E-state index contributed by atoms with van der Waals surface area (Å²) in [5.74, 6) is 0.355. The van der Waals surface area contributed by atoms with Crippen molar-refractivity contribution in [2.24, 2.45) is 5.92 Å². The molecule has 0 bridgehead atoms. The summed E-state index contributed by atoms with van der Waals surface area (Å²) < 4.78 is 0. The lowest BCUT2D eigenvalue weighted by Crippen LogP contribution is -2.49. The summed E-state index contributed by atoms with van der Waals surface area (Å²) in [6, 6.07) is 10.2. The number of likely N-dealkylation sites (tertiary alicyclic amines) is 2. The van der Waals surface area contributed by atoms with Gasteiger partial charge >= 0.3 is 0 Å². The molecule has 2 fully saturated rings. The van der Waals surface area contributed by atoms with Crippen molar-refractivity contribution in [3.05, 3.63) is 42.0 Å². The van der Waals surface area contributed by atoms with Crippen molar-refractivity contribution in [2.75, 3.05) is 39.8 Å². The number of carbonyl (C=O) groups excluding carboxylic acids is 2. The van der Waals surface area contributed by atoms with E-state index in [-0.39, 0.29) is 17.7 Å². The van der Waals surface area contributed by atoms with E-state index in [2.05, 4.69) is 11.8 Å². The molecule has 0 atom stereocenters. The van der Waals surface area contributed by atoms with E-state index in [4.69, 9.17) is 0 Å². The summed E-state index contributed by atoms with van der Waals surface area (Å²) in [6.07, 6.45) is 7.17. The number of hydrogen-bond donors (Lipinski definition) is 0. The van der Waals surface area contributed by atoms with Crippen LogP contribution in [0.5, 0.6) is 0 Å². The number of benzene rings is 1. The number of nitrogens with zero attached hydrogens (tertiary/aromatic N) is 3. The van der Waals surface area contributed by atoms with E-state index >= 15 is 0 Å². The van der Waals surface area contributed by atoms with Crippen molar-refractivity contribution in [1.82, 2.24) is 14.7 Å². The molecule has 0 radical (unpaired) electrons. The summed E-state index contributed by atoms with van der Waals surface area (Å²) in [4.78, 5) is 31.7. The predicted octanol–water partition coefficient (Wildman–Crippen LogP) is 2.88. The first kappa shape index (κ1) is 20.6. The Morgan fingerprint density at radius 3 is 2.29 bits per heavy atom. The monoisotopic (exact) mass is 383 g/mol. The minimum absolute atomic E-state index is 0.0371. The SMILES string of the molecule is CCN1CCC(N(C)C(=O)C2CCN(C(=O)/C=C/c3ccccc3)CC2)CC1. The summed E-state index contributed by atoms with van der Waals surface area (Å²) in [7, 11) is 1.97. The zero-order valence-corrected chi connectivity index (χ0v) is 17.2. The van der Waals surface area contributed by atoms with Crippen molar-refractivity contribution in [2.45, 2.75) is 38.6 Å². The van der Waals surface area contributed by atoms with Crippen molar-refractivity contribution in [3.63, 3.8) is 0 Å². The zero-order chi connectivity index (χ0) is 19.9. The molecule has 1 aromatic carbocycles. The largest absolute Gasteiger partial charge is 0.342 e. The van der Waals surface area contributed by atoms with Gasteiger partial charge in [0, 0.05) is 51.3 Å². The molecule has 3 rings (SSSR count). The zero-order valence-electron chi connectivity index (χ0n) is 17.2. The van der Waals surface area contributed by atoms with E-state index in [0.29, 0.717) is 19.1 Å². The van der Waals surface area contributed by atoms with Crippen LogP contribution in [0.1, 0.15) is 38.2 Å². The predicted molar refractivity (Wildman–Crippen MR) is 113 cm³/mol. The Morgan fingerprint density at radius 2 is 1.68 bits per heavy atom. The van der Waals surface area contributed by atoms with Crippen LogP contribution in [-0.4, -0.2) is 72.3 Å². The van der Waals surface area contributed by atoms with Crippen molar-refractivity contribution >= 4 is 17.9 Å². The lowest BCUT2D eigenvalue weighted by Gasteiger charge is -2.39. The van der Waals surface area contributed by atoms with Gasteiger partial charge in [-0.2, -0.15) is 0 Å². The highest BCUT2D eigenvalue weighted by Gasteiger charge is 2.32. The van der Waals surface area contributed by atoms with Gasteiger partial charge in [0.25, 0.3) is 0 Å².